The van der Waals surface area contributed by atoms with Crippen LogP contribution in [0.4, 0.5) is 4.39 Å². The van der Waals surface area contributed by atoms with Crippen molar-refractivity contribution in [3.8, 4) is 5.75 Å². The van der Waals surface area contributed by atoms with Crippen LogP contribution in [0.15, 0.2) is 60.9 Å². The van der Waals surface area contributed by atoms with Gasteiger partial charge in [-0.2, -0.15) is 0 Å². The highest BCUT2D eigenvalue weighted by Gasteiger charge is 2.24. The third-order valence-corrected chi connectivity index (χ3v) is 5.34. The van der Waals surface area contributed by atoms with Gasteiger partial charge >= 0.3 is 0 Å². The van der Waals surface area contributed by atoms with E-state index in [9.17, 15) is 4.39 Å². The van der Waals surface area contributed by atoms with Crippen LogP contribution in [-0.4, -0.2) is 49.3 Å². The maximum absolute atomic E-state index is 13.3. The molecule has 1 saturated heterocycles. The Kier molecular flexibility index (Phi) is 8.32. The molecule has 5 nitrogen and oxygen atoms in total. The maximum Gasteiger partial charge on any atom is 0.123 e. The minimum atomic E-state index is -0.216. The first-order chi connectivity index (χ1) is 14.9. The molecule has 6 heteroatoms. The Hall–Kier alpha value is -2.57. The predicted octanol–water partition coefficient (Wildman–Crippen LogP) is 3.78. The van der Waals surface area contributed by atoms with Crippen molar-refractivity contribution in [3.63, 3.8) is 0 Å². The normalized spacial score (nSPS) is 16.9. The van der Waals surface area contributed by atoms with E-state index in [-0.39, 0.29) is 11.9 Å². The molecule has 0 spiro atoms. The molecule has 1 fully saturated rings. The Labute approximate surface area is 185 Å². The van der Waals surface area contributed by atoms with Crippen molar-refractivity contribution in [2.75, 3.05) is 33.4 Å². The lowest BCUT2D eigenvalue weighted by atomic mass is 10.1. The second-order valence-electron chi connectivity index (χ2n) is 8.71. The zero-order valence-electron chi connectivity index (χ0n) is 18.9. The smallest absolute Gasteiger partial charge is 0.123 e. The molecule has 168 valence electrons. The summed E-state index contributed by atoms with van der Waals surface area (Å²) in [6, 6.07) is 15.2. The quantitative estimate of drug-likeness (QED) is 0.605. The number of hydrogen-bond donors (Lipinski definition) is 2. The largest absolute Gasteiger partial charge is 0.493 e. The van der Waals surface area contributed by atoms with Crippen molar-refractivity contribution in [1.82, 2.24) is 20.4 Å². The molecule has 0 radical (unpaired) electrons. The molecule has 0 aliphatic carbocycles. The fraction of sp³-hybridized carbons (Fsp3) is 0.440. The second kappa shape index (κ2) is 11.2. The van der Waals surface area contributed by atoms with Gasteiger partial charge in [0.2, 0.25) is 0 Å². The van der Waals surface area contributed by atoms with E-state index in [1.54, 1.807) is 0 Å². The molecule has 0 aromatic heterocycles. The second-order valence-corrected chi connectivity index (χ2v) is 8.71. The lowest BCUT2D eigenvalue weighted by Gasteiger charge is -2.40. The monoisotopic (exact) mass is 426 g/mol. The van der Waals surface area contributed by atoms with Crippen molar-refractivity contribution in [2.45, 2.75) is 33.0 Å². The van der Waals surface area contributed by atoms with Gasteiger partial charge in [-0.25, -0.2) is 4.39 Å². The summed E-state index contributed by atoms with van der Waals surface area (Å²) in [5.74, 6) is 2.05. The Morgan fingerprint density at radius 3 is 2.52 bits per heavy atom. The zero-order chi connectivity index (χ0) is 22.2. The average Bonchev–Trinajstić information content (AvgIpc) is 2.76. The van der Waals surface area contributed by atoms with E-state index < -0.39 is 0 Å². The first kappa shape index (κ1) is 23.1. The van der Waals surface area contributed by atoms with E-state index in [1.807, 2.05) is 24.3 Å². The summed E-state index contributed by atoms with van der Waals surface area (Å²) in [5, 5.41) is 6.94. The molecule has 2 N–H and O–H groups in total. The number of likely N-dealkylation sites (N-methyl/N-ethyl adjacent to an activating group) is 1. The van der Waals surface area contributed by atoms with Crippen molar-refractivity contribution >= 4 is 0 Å². The van der Waals surface area contributed by atoms with E-state index in [0.29, 0.717) is 19.0 Å². The highest BCUT2D eigenvalue weighted by atomic mass is 19.1. The molecule has 2 aromatic carbocycles. The van der Waals surface area contributed by atoms with E-state index >= 15 is 0 Å². The number of hydrogen-bond acceptors (Lipinski definition) is 5. The third-order valence-electron chi connectivity index (χ3n) is 5.34. The Bertz CT molecular complexity index is 822. The molecular formula is C25H35FN4O. The van der Waals surface area contributed by atoms with Gasteiger partial charge in [0.1, 0.15) is 11.6 Å². The minimum Gasteiger partial charge on any atom is -0.493 e. The first-order valence-electron chi connectivity index (χ1n) is 11.0. The number of nitrogens with one attached hydrogen (secondary N) is 2. The van der Waals surface area contributed by atoms with Gasteiger partial charge in [0.25, 0.3) is 0 Å². The van der Waals surface area contributed by atoms with Gasteiger partial charge in [-0.1, -0.05) is 44.7 Å². The minimum absolute atomic E-state index is 0.216. The van der Waals surface area contributed by atoms with Crippen LogP contribution in [0.5, 0.6) is 5.75 Å². The molecule has 1 heterocycles. The standard InChI is InChI=1S/C25H35FN4O/c1-19(2)17-31-25-11-7-21(8-12-25)13-28-20(3)30(24-14-27-18-29(4)16-24)15-22-5-9-23(26)10-6-22/h5-12,19,24,27-28H,3,13-18H2,1-2,4H3. The fourth-order valence-corrected chi connectivity index (χ4v) is 3.62. The Morgan fingerprint density at radius 2 is 1.87 bits per heavy atom. The summed E-state index contributed by atoms with van der Waals surface area (Å²) in [6.45, 7) is 13.4. The molecule has 0 bridgehead atoms. The lowest BCUT2D eigenvalue weighted by Crippen LogP contribution is -2.55. The van der Waals surface area contributed by atoms with Crippen molar-refractivity contribution < 1.29 is 9.13 Å². The van der Waals surface area contributed by atoms with Crippen LogP contribution in [0.1, 0.15) is 25.0 Å². The van der Waals surface area contributed by atoms with E-state index in [4.69, 9.17) is 4.74 Å². The Morgan fingerprint density at radius 1 is 1.19 bits per heavy atom. The molecule has 1 aliphatic rings. The first-order valence-corrected chi connectivity index (χ1v) is 11.0. The average molecular weight is 427 g/mol. The predicted molar refractivity (Wildman–Crippen MR) is 124 cm³/mol. The van der Waals surface area contributed by atoms with Crippen molar-refractivity contribution in [3.05, 3.63) is 77.9 Å². The molecule has 31 heavy (non-hydrogen) atoms. The van der Waals surface area contributed by atoms with Gasteiger partial charge in [0, 0.05) is 32.8 Å². The number of ether oxygens (including phenoxy) is 1. The summed E-state index contributed by atoms with van der Waals surface area (Å²) in [4.78, 5) is 4.53. The fourth-order valence-electron chi connectivity index (χ4n) is 3.62. The highest BCUT2D eigenvalue weighted by molar-refractivity contribution is 5.27. The summed E-state index contributed by atoms with van der Waals surface area (Å²) < 4.78 is 19.1. The molecule has 0 saturated carbocycles. The molecule has 0 amide bonds. The molecule has 1 atom stereocenters. The molecule has 1 unspecified atom stereocenters. The number of benzene rings is 2. The van der Waals surface area contributed by atoms with Crippen LogP contribution in [-0.2, 0) is 13.1 Å². The number of nitrogens with zero attached hydrogens (tertiary/aromatic N) is 2. The van der Waals surface area contributed by atoms with Crippen LogP contribution < -0.4 is 15.4 Å². The SMILES string of the molecule is C=C(NCc1ccc(OCC(C)C)cc1)N(Cc1ccc(F)cc1)C1CNCN(C)C1. The van der Waals surface area contributed by atoms with Gasteiger partial charge in [-0.3, -0.25) is 4.90 Å². The Balaban J connectivity index is 1.62. The maximum atomic E-state index is 13.3. The number of halogens is 1. The highest BCUT2D eigenvalue weighted by Crippen LogP contribution is 2.17. The van der Waals surface area contributed by atoms with Crippen LogP contribution in [0.2, 0.25) is 0 Å². The summed E-state index contributed by atoms with van der Waals surface area (Å²) >= 11 is 0. The van der Waals surface area contributed by atoms with E-state index in [2.05, 4.69) is 60.0 Å². The molecular weight excluding hydrogens is 391 g/mol. The molecule has 1 aliphatic heterocycles. The van der Waals surface area contributed by atoms with E-state index in [1.165, 1.54) is 17.7 Å². The summed E-state index contributed by atoms with van der Waals surface area (Å²) in [5.41, 5.74) is 2.22. The van der Waals surface area contributed by atoms with Gasteiger partial charge in [0.15, 0.2) is 0 Å². The van der Waals surface area contributed by atoms with Gasteiger partial charge in [-0.15, -0.1) is 0 Å². The van der Waals surface area contributed by atoms with Gasteiger partial charge in [-0.05, 0) is 48.4 Å². The van der Waals surface area contributed by atoms with E-state index in [0.717, 1.165) is 43.5 Å². The zero-order valence-corrected chi connectivity index (χ0v) is 18.9. The van der Waals surface area contributed by atoms with Crippen LogP contribution in [0, 0.1) is 11.7 Å². The van der Waals surface area contributed by atoms with Crippen LogP contribution in [0.3, 0.4) is 0 Å². The molecule has 2 aromatic rings. The van der Waals surface area contributed by atoms with Crippen molar-refractivity contribution in [1.29, 1.82) is 0 Å². The molecule has 3 rings (SSSR count). The van der Waals surface area contributed by atoms with Crippen LogP contribution in [0.25, 0.3) is 0 Å². The summed E-state index contributed by atoms with van der Waals surface area (Å²) in [6.07, 6.45) is 0. The van der Waals surface area contributed by atoms with Crippen molar-refractivity contribution in [2.24, 2.45) is 5.92 Å². The van der Waals surface area contributed by atoms with Gasteiger partial charge in [0.05, 0.1) is 18.5 Å². The van der Waals surface area contributed by atoms with Crippen LogP contribution >= 0.6 is 0 Å². The lowest BCUT2D eigenvalue weighted by molar-refractivity contribution is 0.127. The number of rotatable bonds is 10. The van der Waals surface area contributed by atoms with Gasteiger partial charge < -0.3 is 20.3 Å². The summed E-state index contributed by atoms with van der Waals surface area (Å²) in [7, 11) is 2.11. The third kappa shape index (κ3) is 7.26. The topological polar surface area (TPSA) is 39.8 Å².